The van der Waals surface area contributed by atoms with Crippen LogP contribution in [0.2, 0.25) is 0 Å². The van der Waals surface area contributed by atoms with Gasteiger partial charge in [0.25, 0.3) is 5.91 Å². The second-order valence-corrected chi connectivity index (χ2v) is 9.10. The third kappa shape index (κ3) is 4.63. The van der Waals surface area contributed by atoms with Crippen LogP contribution < -0.4 is 10.2 Å². The van der Waals surface area contributed by atoms with Gasteiger partial charge in [0, 0.05) is 50.3 Å². The van der Waals surface area contributed by atoms with E-state index in [2.05, 4.69) is 57.6 Å². The second-order valence-electron chi connectivity index (χ2n) is 9.10. The molecule has 5 heteroatoms. The zero-order valence-corrected chi connectivity index (χ0v) is 18.7. The number of hydrogen-bond acceptors (Lipinski definition) is 4. The predicted octanol–water partition coefficient (Wildman–Crippen LogP) is 4.62. The van der Waals surface area contributed by atoms with E-state index in [1.54, 1.807) is 6.20 Å². The number of hydrogen-bond donors (Lipinski definition) is 1. The third-order valence-corrected chi connectivity index (χ3v) is 6.85. The molecule has 2 aromatic carbocycles. The standard InChI is InChI=1S/C27H32N4O/c32-27(29-22-13-17-30(18-14-22)20-21-9-3-1-4-10-21)25-19-28-26(31-15-7-2-8-16-31)24-12-6-5-11-23(24)25/h1,3-6,9-12,19,22H,2,7-8,13-18,20H2,(H,29,32). The van der Waals surface area contributed by atoms with Gasteiger partial charge in [-0.2, -0.15) is 0 Å². The van der Waals surface area contributed by atoms with Gasteiger partial charge in [-0.15, -0.1) is 0 Å². The topological polar surface area (TPSA) is 48.5 Å². The Balaban J connectivity index is 1.25. The van der Waals surface area contributed by atoms with E-state index in [-0.39, 0.29) is 11.9 Å². The molecule has 1 amide bonds. The molecular weight excluding hydrogens is 396 g/mol. The first-order chi connectivity index (χ1) is 15.8. The van der Waals surface area contributed by atoms with Crippen LogP contribution in [0.4, 0.5) is 5.82 Å². The lowest BCUT2D eigenvalue weighted by Crippen LogP contribution is -2.44. The van der Waals surface area contributed by atoms with Crippen LogP contribution in [0.15, 0.2) is 60.8 Å². The summed E-state index contributed by atoms with van der Waals surface area (Å²) in [6.07, 6.45) is 7.46. The number of nitrogens with one attached hydrogen (secondary N) is 1. The number of rotatable bonds is 5. The summed E-state index contributed by atoms with van der Waals surface area (Å²) in [4.78, 5) is 22.8. The Morgan fingerprint density at radius 1 is 0.875 bits per heavy atom. The number of carbonyl (C=O) groups is 1. The van der Waals surface area contributed by atoms with Crippen LogP contribution in [0.5, 0.6) is 0 Å². The molecule has 2 fully saturated rings. The van der Waals surface area contributed by atoms with Gasteiger partial charge in [-0.05, 0) is 43.1 Å². The lowest BCUT2D eigenvalue weighted by Gasteiger charge is -2.32. The van der Waals surface area contributed by atoms with Crippen molar-refractivity contribution >= 4 is 22.5 Å². The molecule has 5 rings (SSSR count). The van der Waals surface area contributed by atoms with Gasteiger partial charge >= 0.3 is 0 Å². The molecule has 166 valence electrons. The van der Waals surface area contributed by atoms with Crippen molar-refractivity contribution in [3.8, 4) is 0 Å². The summed E-state index contributed by atoms with van der Waals surface area (Å²) in [5.74, 6) is 1.02. The molecule has 0 unspecified atom stereocenters. The summed E-state index contributed by atoms with van der Waals surface area (Å²) in [5, 5.41) is 5.38. The van der Waals surface area contributed by atoms with E-state index in [4.69, 9.17) is 4.98 Å². The van der Waals surface area contributed by atoms with Crippen LogP contribution >= 0.6 is 0 Å². The van der Waals surface area contributed by atoms with Gasteiger partial charge in [-0.3, -0.25) is 9.69 Å². The average Bonchev–Trinajstić information content (AvgIpc) is 2.86. The van der Waals surface area contributed by atoms with Gasteiger partial charge in [0.05, 0.1) is 5.56 Å². The number of aromatic nitrogens is 1. The van der Waals surface area contributed by atoms with Gasteiger partial charge in [-0.25, -0.2) is 4.98 Å². The molecule has 32 heavy (non-hydrogen) atoms. The average molecular weight is 429 g/mol. The molecule has 3 aromatic rings. The van der Waals surface area contributed by atoms with Crippen molar-refractivity contribution in [2.75, 3.05) is 31.1 Å². The first kappa shape index (κ1) is 21.0. The minimum Gasteiger partial charge on any atom is -0.356 e. The number of fused-ring (bicyclic) bond motifs is 1. The van der Waals surface area contributed by atoms with Gasteiger partial charge in [-0.1, -0.05) is 54.6 Å². The number of amides is 1. The first-order valence-electron chi connectivity index (χ1n) is 12.0. The highest BCUT2D eigenvalue weighted by atomic mass is 16.1. The number of piperidine rings is 2. The highest BCUT2D eigenvalue weighted by molar-refractivity contribution is 6.09. The highest BCUT2D eigenvalue weighted by Gasteiger charge is 2.23. The Kier molecular flexibility index (Phi) is 6.35. The smallest absolute Gasteiger partial charge is 0.253 e. The number of anilines is 1. The Labute approximate surface area is 190 Å². The Hall–Kier alpha value is -2.92. The van der Waals surface area contributed by atoms with Crippen LogP contribution in [0, 0.1) is 0 Å². The van der Waals surface area contributed by atoms with Crippen LogP contribution in [0.1, 0.15) is 48.0 Å². The zero-order chi connectivity index (χ0) is 21.8. The van der Waals surface area contributed by atoms with Crippen LogP contribution in [-0.2, 0) is 6.54 Å². The largest absolute Gasteiger partial charge is 0.356 e. The molecular formula is C27H32N4O. The van der Waals surface area contributed by atoms with E-state index in [1.807, 2.05) is 12.1 Å². The lowest BCUT2D eigenvalue weighted by molar-refractivity contribution is 0.0910. The lowest BCUT2D eigenvalue weighted by atomic mass is 10.0. The molecule has 0 bridgehead atoms. The summed E-state index contributed by atoms with van der Waals surface area (Å²) in [7, 11) is 0. The van der Waals surface area contributed by atoms with Crippen molar-refractivity contribution in [1.82, 2.24) is 15.2 Å². The van der Waals surface area contributed by atoms with Crippen LogP contribution in [-0.4, -0.2) is 48.0 Å². The molecule has 0 spiro atoms. The van der Waals surface area contributed by atoms with Crippen LogP contribution in [0.3, 0.4) is 0 Å². The molecule has 2 aliphatic rings. The van der Waals surface area contributed by atoms with Gasteiger partial charge in [0.1, 0.15) is 5.82 Å². The molecule has 0 saturated carbocycles. The van der Waals surface area contributed by atoms with E-state index in [0.717, 1.165) is 62.2 Å². The summed E-state index contributed by atoms with van der Waals surface area (Å²) < 4.78 is 0. The summed E-state index contributed by atoms with van der Waals surface area (Å²) in [5.41, 5.74) is 2.04. The summed E-state index contributed by atoms with van der Waals surface area (Å²) >= 11 is 0. The van der Waals surface area contributed by atoms with E-state index < -0.39 is 0 Å². The molecule has 0 aliphatic carbocycles. The molecule has 0 atom stereocenters. The van der Waals surface area contributed by atoms with Gasteiger partial charge in [0.2, 0.25) is 0 Å². The third-order valence-electron chi connectivity index (χ3n) is 6.85. The highest BCUT2D eigenvalue weighted by Crippen LogP contribution is 2.29. The van der Waals surface area contributed by atoms with Crippen molar-refractivity contribution in [1.29, 1.82) is 0 Å². The van der Waals surface area contributed by atoms with E-state index in [9.17, 15) is 4.79 Å². The molecule has 1 aromatic heterocycles. The maximum Gasteiger partial charge on any atom is 0.253 e. The van der Waals surface area contributed by atoms with E-state index >= 15 is 0 Å². The number of pyridine rings is 1. The SMILES string of the molecule is O=C(NC1CCN(Cc2ccccc2)CC1)c1cnc(N2CCCCC2)c2ccccc12. The normalized spacial score (nSPS) is 18.1. The maximum absolute atomic E-state index is 13.2. The predicted molar refractivity (Wildman–Crippen MR) is 130 cm³/mol. The van der Waals surface area contributed by atoms with Crippen molar-refractivity contribution in [3.63, 3.8) is 0 Å². The molecule has 5 nitrogen and oxygen atoms in total. The summed E-state index contributed by atoms with van der Waals surface area (Å²) in [6, 6.07) is 19.0. The van der Waals surface area contributed by atoms with E-state index in [1.165, 1.54) is 24.8 Å². The Bertz CT molecular complexity index is 1050. The number of likely N-dealkylation sites (tertiary alicyclic amines) is 1. The van der Waals surface area contributed by atoms with Crippen molar-refractivity contribution in [2.45, 2.75) is 44.7 Å². The van der Waals surface area contributed by atoms with Crippen LogP contribution in [0.25, 0.3) is 10.8 Å². The van der Waals surface area contributed by atoms with Crippen molar-refractivity contribution in [3.05, 3.63) is 71.9 Å². The second kappa shape index (κ2) is 9.70. The van der Waals surface area contributed by atoms with Crippen molar-refractivity contribution in [2.24, 2.45) is 0 Å². The van der Waals surface area contributed by atoms with Gasteiger partial charge in [0.15, 0.2) is 0 Å². The first-order valence-corrected chi connectivity index (χ1v) is 12.0. The van der Waals surface area contributed by atoms with Gasteiger partial charge < -0.3 is 10.2 Å². The van der Waals surface area contributed by atoms with E-state index in [0.29, 0.717) is 5.56 Å². The monoisotopic (exact) mass is 428 g/mol. The fraction of sp³-hybridized carbons (Fsp3) is 0.407. The fourth-order valence-electron chi connectivity index (χ4n) is 5.06. The fourth-order valence-corrected chi connectivity index (χ4v) is 5.06. The maximum atomic E-state index is 13.2. The molecule has 2 aliphatic heterocycles. The minimum atomic E-state index is 0.000374. The number of carbonyl (C=O) groups excluding carboxylic acids is 1. The van der Waals surface area contributed by atoms with Crippen molar-refractivity contribution < 1.29 is 4.79 Å². The summed E-state index contributed by atoms with van der Waals surface area (Å²) in [6.45, 7) is 5.09. The zero-order valence-electron chi connectivity index (χ0n) is 18.7. The quantitative estimate of drug-likeness (QED) is 0.644. The Morgan fingerprint density at radius 2 is 1.56 bits per heavy atom. The number of benzene rings is 2. The molecule has 3 heterocycles. The molecule has 2 saturated heterocycles. The minimum absolute atomic E-state index is 0.000374. The Morgan fingerprint density at radius 3 is 2.31 bits per heavy atom. The molecule has 1 N–H and O–H groups in total. The number of nitrogens with zero attached hydrogens (tertiary/aromatic N) is 3. The molecule has 0 radical (unpaired) electrons.